The second-order valence-electron chi connectivity index (χ2n) is 4.64. The Kier molecular flexibility index (Phi) is 3.08. The Bertz CT molecular complexity index is 889. The van der Waals surface area contributed by atoms with Gasteiger partial charge in [0.2, 0.25) is 0 Å². The number of nitrogens with zero attached hydrogens (tertiary/aromatic N) is 1. The van der Waals surface area contributed by atoms with E-state index in [-0.39, 0.29) is 0 Å². The lowest BCUT2D eigenvalue weighted by Gasteiger charge is -2.07. The summed E-state index contributed by atoms with van der Waals surface area (Å²) >= 11 is 0. The van der Waals surface area contributed by atoms with Crippen LogP contribution in [0.5, 0.6) is 0 Å². The lowest BCUT2D eigenvalue weighted by atomic mass is 10.2. The number of fused-ring (bicyclic) bond motifs is 1. The molecule has 0 spiro atoms. The topological polar surface area (TPSA) is 71.2 Å². The van der Waals surface area contributed by atoms with Gasteiger partial charge in [0.25, 0.3) is 0 Å². The number of aryl methyl sites for hydroxylation is 1. The Balaban J connectivity index is 2.21. The van der Waals surface area contributed by atoms with E-state index in [0.29, 0.717) is 10.6 Å². The van der Waals surface area contributed by atoms with Crippen LogP contribution in [0.15, 0.2) is 64.0 Å². The van der Waals surface area contributed by atoms with Crippen LogP contribution >= 0.6 is 0 Å². The highest BCUT2D eigenvalue weighted by Gasteiger charge is 2.11. The van der Waals surface area contributed by atoms with Crippen molar-refractivity contribution in [2.24, 2.45) is 9.50 Å². The van der Waals surface area contributed by atoms with Crippen molar-refractivity contribution in [2.75, 3.05) is 0 Å². The van der Waals surface area contributed by atoms with Gasteiger partial charge in [-0.05, 0) is 24.6 Å². The first-order valence-electron chi connectivity index (χ1n) is 6.24. The van der Waals surface area contributed by atoms with Crippen molar-refractivity contribution < 1.29 is 4.21 Å². The lowest BCUT2D eigenvalue weighted by Crippen LogP contribution is -2.13. The maximum absolute atomic E-state index is 12.7. The van der Waals surface area contributed by atoms with Gasteiger partial charge in [-0.15, -0.1) is 0 Å². The van der Waals surface area contributed by atoms with Crippen LogP contribution in [0.25, 0.3) is 10.9 Å². The van der Waals surface area contributed by atoms with Crippen molar-refractivity contribution in [3.8, 4) is 0 Å². The van der Waals surface area contributed by atoms with E-state index < -0.39 is 9.92 Å². The van der Waals surface area contributed by atoms with Crippen LogP contribution in [0.4, 0.5) is 5.69 Å². The van der Waals surface area contributed by atoms with Crippen LogP contribution in [-0.2, 0) is 9.92 Å². The molecule has 1 atom stereocenters. The van der Waals surface area contributed by atoms with Crippen LogP contribution in [-0.4, -0.2) is 9.19 Å². The van der Waals surface area contributed by atoms with Crippen LogP contribution < -0.4 is 5.14 Å². The van der Waals surface area contributed by atoms with Gasteiger partial charge >= 0.3 is 0 Å². The first-order chi connectivity index (χ1) is 9.58. The summed E-state index contributed by atoms with van der Waals surface area (Å²) in [5.41, 5.74) is 2.45. The summed E-state index contributed by atoms with van der Waals surface area (Å²) in [4.78, 5) is 3.68. The number of benzene rings is 2. The van der Waals surface area contributed by atoms with Gasteiger partial charge < -0.3 is 4.98 Å². The molecule has 0 amide bonds. The van der Waals surface area contributed by atoms with Crippen molar-refractivity contribution in [1.29, 1.82) is 0 Å². The number of para-hydroxylation sites is 1. The molecule has 0 fully saturated rings. The molecule has 1 heterocycles. The summed E-state index contributed by atoms with van der Waals surface area (Å²) in [6, 6.07) is 15.1. The number of rotatable bonds is 2. The molecule has 4 nitrogen and oxygen atoms in total. The zero-order valence-corrected chi connectivity index (χ0v) is 11.9. The van der Waals surface area contributed by atoms with Crippen LogP contribution in [0.1, 0.15) is 5.56 Å². The molecule has 5 heteroatoms. The Morgan fingerprint density at radius 3 is 2.60 bits per heavy atom. The Morgan fingerprint density at radius 2 is 1.80 bits per heavy atom. The Labute approximate surface area is 117 Å². The second kappa shape index (κ2) is 4.77. The smallest absolute Gasteiger partial charge is 0.139 e. The molecule has 0 aliphatic heterocycles. The minimum absolute atomic E-state index is 0.574. The average Bonchev–Trinajstić information content (AvgIpc) is 2.82. The molecule has 0 aliphatic carbocycles. The number of hydrogen-bond donors (Lipinski definition) is 2. The zero-order valence-electron chi connectivity index (χ0n) is 11.0. The van der Waals surface area contributed by atoms with E-state index >= 15 is 0 Å². The van der Waals surface area contributed by atoms with Crippen molar-refractivity contribution in [1.82, 2.24) is 4.98 Å². The van der Waals surface area contributed by atoms with Crippen molar-refractivity contribution in [3.63, 3.8) is 0 Å². The number of nitrogens with two attached hydrogens (primary N) is 1. The van der Waals surface area contributed by atoms with E-state index in [1.54, 1.807) is 12.3 Å². The molecule has 0 aliphatic rings. The molecule has 3 N–H and O–H groups in total. The average molecular weight is 285 g/mol. The molecule has 2 aromatic carbocycles. The minimum atomic E-state index is -2.95. The van der Waals surface area contributed by atoms with Gasteiger partial charge in [0, 0.05) is 17.1 Å². The SMILES string of the molecule is Cc1ccccc1S(N)(=O)=Nc1c[nH]c2ccccc12. The fourth-order valence-electron chi connectivity index (χ4n) is 2.21. The molecular formula is C15H15N3OS. The van der Waals surface area contributed by atoms with Crippen LogP contribution in [0, 0.1) is 6.92 Å². The molecule has 1 unspecified atom stereocenters. The number of hydrogen-bond acceptors (Lipinski definition) is 2. The van der Waals surface area contributed by atoms with Crippen LogP contribution in [0.2, 0.25) is 0 Å². The van der Waals surface area contributed by atoms with Gasteiger partial charge in [0.15, 0.2) is 0 Å². The lowest BCUT2D eigenvalue weighted by molar-refractivity contribution is 0.677. The summed E-state index contributed by atoms with van der Waals surface area (Å²) in [5.74, 6) is 0. The summed E-state index contributed by atoms with van der Waals surface area (Å²) in [7, 11) is -2.95. The molecular weight excluding hydrogens is 270 g/mol. The second-order valence-corrected chi connectivity index (χ2v) is 6.40. The van der Waals surface area contributed by atoms with Gasteiger partial charge in [0.1, 0.15) is 9.92 Å². The number of aromatic nitrogens is 1. The standard InChI is InChI=1S/C15H15N3OS/c1-11-6-2-5-9-15(11)20(16,19)18-14-10-17-13-8-4-3-7-12(13)14/h2-10,17H,1H3,(H2,16,18,19). The third kappa shape index (κ3) is 2.21. The maximum Gasteiger partial charge on any atom is 0.139 e. The van der Waals surface area contributed by atoms with E-state index in [4.69, 9.17) is 5.14 Å². The zero-order chi connectivity index (χ0) is 14.2. The molecule has 0 radical (unpaired) electrons. The predicted octanol–water partition coefficient (Wildman–Crippen LogP) is 3.51. The summed E-state index contributed by atoms with van der Waals surface area (Å²) in [5, 5.41) is 6.88. The molecule has 0 saturated carbocycles. The fourth-order valence-corrected chi connectivity index (χ4v) is 3.56. The third-order valence-electron chi connectivity index (χ3n) is 3.21. The Morgan fingerprint density at radius 1 is 1.10 bits per heavy atom. The van der Waals surface area contributed by atoms with Gasteiger partial charge in [-0.25, -0.2) is 9.35 Å². The normalized spacial score (nSPS) is 14.1. The molecule has 0 saturated heterocycles. The molecule has 102 valence electrons. The number of aromatic amines is 1. The summed E-state index contributed by atoms with van der Waals surface area (Å²) < 4.78 is 17.0. The molecule has 20 heavy (non-hydrogen) atoms. The first-order valence-corrected chi connectivity index (χ1v) is 7.82. The first kappa shape index (κ1) is 12.9. The van der Waals surface area contributed by atoms with E-state index in [2.05, 4.69) is 9.35 Å². The Hall–Kier alpha value is -2.11. The minimum Gasteiger partial charge on any atom is -0.359 e. The number of H-pyrrole nitrogens is 1. The maximum atomic E-state index is 12.7. The highest BCUT2D eigenvalue weighted by Crippen LogP contribution is 2.28. The largest absolute Gasteiger partial charge is 0.359 e. The molecule has 3 rings (SSSR count). The van der Waals surface area contributed by atoms with Gasteiger partial charge in [-0.3, -0.25) is 0 Å². The molecule has 0 bridgehead atoms. The summed E-state index contributed by atoms with van der Waals surface area (Å²) in [6.45, 7) is 1.88. The van der Waals surface area contributed by atoms with Gasteiger partial charge in [-0.2, -0.15) is 4.36 Å². The fraction of sp³-hybridized carbons (Fsp3) is 0.0667. The van der Waals surface area contributed by atoms with E-state index in [1.165, 1.54) is 0 Å². The highest BCUT2D eigenvalue weighted by atomic mass is 32.2. The molecule has 1 aromatic heterocycles. The quantitative estimate of drug-likeness (QED) is 0.743. The number of nitrogens with one attached hydrogen (secondary N) is 1. The monoisotopic (exact) mass is 285 g/mol. The van der Waals surface area contributed by atoms with E-state index in [1.807, 2.05) is 49.4 Å². The predicted molar refractivity (Wildman–Crippen MR) is 82.2 cm³/mol. The van der Waals surface area contributed by atoms with Gasteiger partial charge in [-0.1, -0.05) is 36.4 Å². The van der Waals surface area contributed by atoms with E-state index in [9.17, 15) is 4.21 Å². The van der Waals surface area contributed by atoms with Crippen molar-refractivity contribution in [3.05, 3.63) is 60.3 Å². The molecule has 3 aromatic rings. The van der Waals surface area contributed by atoms with Gasteiger partial charge in [0.05, 0.1) is 10.6 Å². The van der Waals surface area contributed by atoms with Crippen molar-refractivity contribution in [2.45, 2.75) is 11.8 Å². The van der Waals surface area contributed by atoms with Crippen molar-refractivity contribution >= 4 is 26.5 Å². The van der Waals surface area contributed by atoms with Crippen LogP contribution in [0.3, 0.4) is 0 Å². The third-order valence-corrected chi connectivity index (χ3v) is 4.77. The van der Waals surface area contributed by atoms with E-state index in [0.717, 1.165) is 16.5 Å². The highest BCUT2D eigenvalue weighted by molar-refractivity contribution is 7.91. The summed E-state index contributed by atoms with van der Waals surface area (Å²) in [6.07, 6.45) is 1.73.